The van der Waals surface area contributed by atoms with Gasteiger partial charge in [0.15, 0.2) is 5.69 Å². The summed E-state index contributed by atoms with van der Waals surface area (Å²) in [6.45, 7) is 1.75. The first-order chi connectivity index (χ1) is 13.7. The second-order valence-corrected chi connectivity index (χ2v) is 7.23. The zero-order valence-corrected chi connectivity index (χ0v) is 15.5. The van der Waals surface area contributed by atoms with Crippen LogP contribution in [0.5, 0.6) is 0 Å². The Morgan fingerprint density at radius 1 is 1.14 bits per heavy atom. The van der Waals surface area contributed by atoms with Gasteiger partial charge in [-0.3, -0.25) is 4.79 Å². The van der Waals surface area contributed by atoms with Crippen LogP contribution in [0.3, 0.4) is 0 Å². The molecule has 0 bridgehead atoms. The van der Waals surface area contributed by atoms with E-state index in [1.54, 1.807) is 6.92 Å². The second-order valence-electron chi connectivity index (χ2n) is 7.23. The van der Waals surface area contributed by atoms with Crippen LogP contribution in [-0.2, 0) is 0 Å². The number of nitrogens with one attached hydrogen (secondary N) is 2. The van der Waals surface area contributed by atoms with Gasteiger partial charge in [0.1, 0.15) is 11.6 Å². The van der Waals surface area contributed by atoms with Gasteiger partial charge in [-0.15, -0.1) is 0 Å². The minimum atomic E-state index is -0.290. The monoisotopic (exact) mass is 372 g/mol. The number of carbonyl (C=O) groups excluding carboxylic acids is 1. The van der Waals surface area contributed by atoms with E-state index in [-0.39, 0.29) is 5.91 Å². The van der Waals surface area contributed by atoms with E-state index in [1.807, 2.05) is 48.5 Å². The number of H-pyrrole nitrogens is 1. The Morgan fingerprint density at radius 2 is 1.96 bits per heavy atom. The molecule has 0 atom stereocenters. The molecule has 0 saturated heterocycles. The molecule has 2 aromatic carbocycles. The minimum absolute atomic E-state index is 0.290. The van der Waals surface area contributed by atoms with Gasteiger partial charge in [0.05, 0.1) is 11.0 Å². The molecule has 0 radical (unpaired) electrons. The van der Waals surface area contributed by atoms with E-state index in [9.17, 15) is 4.79 Å². The lowest BCUT2D eigenvalue weighted by atomic mass is 9.85. The van der Waals surface area contributed by atoms with Crippen molar-refractivity contribution in [3.05, 3.63) is 65.8 Å². The quantitative estimate of drug-likeness (QED) is 0.525. The smallest absolute Gasteiger partial charge is 0.277 e. The molecule has 6 heteroatoms. The van der Waals surface area contributed by atoms with Crippen molar-refractivity contribution in [2.45, 2.75) is 32.1 Å². The zero-order chi connectivity index (χ0) is 19.1. The van der Waals surface area contributed by atoms with Gasteiger partial charge in [0, 0.05) is 17.2 Å². The highest BCUT2D eigenvalue weighted by atomic mass is 16.4. The van der Waals surface area contributed by atoms with Crippen LogP contribution in [0.4, 0.5) is 5.69 Å². The maximum absolute atomic E-state index is 12.7. The Kier molecular flexibility index (Phi) is 3.97. The molecular formula is C22H20N4O2. The number of rotatable bonds is 4. The molecule has 0 unspecified atom stereocenters. The molecule has 6 nitrogen and oxygen atoms in total. The van der Waals surface area contributed by atoms with Crippen LogP contribution < -0.4 is 5.32 Å². The van der Waals surface area contributed by atoms with Crippen molar-refractivity contribution in [1.29, 1.82) is 0 Å². The van der Waals surface area contributed by atoms with Gasteiger partial charge in [0.25, 0.3) is 5.91 Å². The summed E-state index contributed by atoms with van der Waals surface area (Å²) in [5, 5.41) is 2.91. The Hall–Kier alpha value is -3.41. The average Bonchev–Trinajstić information content (AvgIpc) is 3.24. The Labute approximate surface area is 162 Å². The summed E-state index contributed by atoms with van der Waals surface area (Å²) < 4.78 is 5.69. The van der Waals surface area contributed by atoms with Crippen LogP contribution in [0.2, 0.25) is 0 Å². The predicted molar refractivity (Wildman–Crippen MR) is 107 cm³/mol. The minimum Gasteiger partial charge on any atom is -0.441 e. The lowest BCUT2D eigenvalue weighted by Crippen LogP contribution is -2.13. The fourth-order valence-electron chi connectivity index (χ4n) is 3.48. The molecular weight excluding hydrogens is 352 g/mol. The molecule has 5 rings (SSSR count). The number of amides is 1. The summed E-state index contributed by atoms with van der Waals surface area (Å²) in [7, 11) is 0. The van der Waals surface area contributed by atoms with Crippen molar-refractivity contribution in [1.82, 2.24) is 15.0 Å². The van der Waals surface area contributed by atoms with Gasteiger partial charge in [-0.05, 0) is 50.1 Å². The van der Waals surface area contributed by atoms with E-state index in [0.29, 0.717) is 29.0 Å². The maximum atomic E-state index is 12.7. The molecule has 2 heterocycles. The number of oxazole rings is 1. The fourth-order valence-corrected chi connectivity index (χ4v) is 3.48. The van der Waals surface area contributed by atoms with Crippen molar-refractivity contribution in [2.75, 3.05) is 5.32 Å². The number of aromatic amines is 1. The van der Waals surface area contributed by atoms with E-state index >= 15 is 0 Å². The molecule has 0 aliphatic heterocycles. The number of nitrogens with zero attached hydrogens (tertiary/aromatic N) is 2. The number of carbonyl (C=O) groups is 1. The number of aryl methyl sites for hydroxylation is 1. The summed E-state index contributed by atoms with van der Waals surface area (Å²) in [6, 6.07) is 15.2. The third-order valence-electron chi connectivity index (χ3n) is 5.28. The molecule has 2 N–H and O–H groups in total. The first kappa shape index (κ1) is 16.7. The first-order valence-electron chi connectivity index (χ1n) is 9.51. The van der Waals surface area contributed by atoms with Crippen LogP contribution >= 0.6 is 0 Å². The predicted octanol–water partition coefficient (Wildman–Crippen LogP) is 5.05. The normalized spacial score (nSPS) is 14.2. The SMILES string of the molecule is Cc1oc(-c2ccccc2)nc1C(=O)Nc1ccc2nc(C3CCC3)[nH]c2c1. The molecule has 28 heavy (non-hydrogen) atoms. The van der Waals surface area contributed by atoms with E-state index in [4.69, 9.17) is 4.42 Å². The zero-order valence-electron chi connectivity index (χ0n) is 15.5. The van der Waals surface area contributed by atoms with Gasteiger partial charge < -0.3 is 14.7 Å². The number of imidazole rings is 1. The molecule has 1 fully saturated rings. The van der Waals surface area contributed by atoms with Crippen molar-refractivity contribution in [3.63, 3.8) is 0 Å². The average molecular weight is 372 g/mol. The number of anilines is 1. The number of benzene rings is 2. The number of hydrogen-bond donors (Lipinski definition) is 2. The Bertz CT molecular complexity index is 1160. The molecule has 1 aliphatic rings. The number of aromatic nitrogens is 3. The summed E-state index contributed by atoms with van der Waals surface area (Å²) in [4.78, 5) is 25.2. The Balaban J connectivity index is 1.38. The largest absolute Gasteiger partial charge is 0.441 e. The van der Waals surface area contributed by atoms with Crippen molar-refractivity contribution >= 4 is 22.6 Å². The lowest BCUT2D eigenvalue weighted by Gasteiger charge is -2.22. The third-order valence-corrected chi connectivity index (χ3v) is 5.28. The number of fused-ring (bicyclic) bond motifs is 1. The van der Waals surface area contributed by atoms with Crippen LogP contribution in [0.1, 0.15) is 47.3 Å². The molecule has 1 amide bonds. The molecule has 4 aromatic rings. The van der Waals surface area contributed by atoms with Crippen molar-refractivity contribution in [3.8, 4) is 11.5 Å². The highest BCUT2D eigenvalue weighted by Crippen LogP contribution is 2.35. The highest BCUT2D eigenvalue weighted by molar-refractivity contribution is 6.04. The molecule has 1 aliphatic carbocycles. The summed E-state index contributed by atoms with van der Waals surface area (Å²) in [6.07, 6.45) is 3.65. The highest BCUT2D eigenvalue weighted by Gasteiger charge is 2.23. The van der Waals surface area contributed by atoms with E-state index < -0.39 is 0 Å². The third kappa shape index (κ3) is 2.97. The van der Waals surface area contributed by atoms with E-state index in [1.165, 1.54) is 19.3 Å². The first-order valence-corrected chi connectivity index (χ1v) is 9.51. The van der Waals surface area contributed by atoms with Gasteiger partial charge in [-0.25, -0.2) is 9.97 Å². The van der Waals surface area contributed by atoms with Crippen LogP contribution in [0.25, 0.3) is 22.5 Å². The fraction of sp³-hybridized carbons (Fsp3) is 0.227. The van der Waals surface area contributed by atoms with Crippen molar-refractivity contribution in [2.24, 2.45) is 0 Å². The van der Waals surface area contributed by atoms with Gasteiger partial charge in [-0.2, -0.15) is 0 Å². The number of hydrogen-bond acceptors (Lipinski definition) is 4. The molecule has 2 aromatic heterocycles. The standard InChI is InChI=1S/C22H20N4O2/c1-13-19(26-22(28-13)15-6-3-2-4-7-15)21(27)23-16-10-11-17-18(12-16)25-20(24-17)14-8-5-9-14/h2-4,6-7,10-12,14H,5,8-9H2,1H3,(H,23,27)(H,24,25). The summed E-state index contributed by atoms with van der Waals surface area (Å²) >= 11 is 0. The van der Waals surface area contributed by atoms with Gasteiger partial charge in [0.2, 0.25) is 5.89 Å². The molecule has 1 saturated carbocycles. The Morgan fingerprint density at radius 3 is 2.71 bits per heavy atom. The van der Waals surface area contributed by atoms with Crippen LogP contribution in [0.15, 0.2) is 52.9 Å². The van der Waals surface area contributed by atoms with Crippen molar-refractivity contribution < 1.29 is 9.21 Å². The van der Waals surface area contributed by atoms with Gasteiger partial charge in [-0.1, -0.05) is 24.6 Å². The van der Waals surface area contributed by atoms with E-state index in [2.05, 4.69) is 20.3 Å². The molecule has 140 valence electrons. The van der Waals surface area contributed by atoms with Gasteiger partial charge >= 0.3 is 0 Å². The maximum Gasteiger partial charge on any atom is 0.277 e. The van der Waals surface area contributed by atoms with E-state index in [0.717, 1.165) is 22.4 Å². The lowest BCUT2D eigenvalue weighted by molar-refractivity contribution is 0.102. The van der Waals surface area contributed by atoms with Crippen LogP contribution in [-0.4, -0.2) is 20.9 Å². The molecule has 0 spiro atoms. The van der Waals surface area contributed by atoms with Crippen LogP contribution in [0, 0.1) is 6.92 Å². The second kappa shape index (κ2) is 6.64. The topological polar surface area (TPSA) is 83.8 Å². The summed E-state index contributed by atoms with van der Waals surface area (Å²) in [5.74, 6) is 2.23. The summed E-state index contributed by atoms with van der Waals surface area (Å²) in [5.41, 5.74) is 3.68.